The van der Waals surface area contributed by atoms with Crippen molar-refractivity contribution in [2.75, 3.05) is 0 Å². The molecule has 0 saturated carbocycles. The van der Waals surface area contributed by atoms with Crippen molar-refractivity contribution in [1.29, 1.82) is 0 Å². The normalized spacial score (nSPS) is 10.7. The van der Waals surface area contributed by atoms with Crippen LogP contribution in [0.5, 0.6) is 0 Å². The van der Waals surface area contributed by atoms with Gasteiger partial charge in [-0.15, -0.1) is 19.7 Å². The van der Waals surface area contributed by atoms with Gasteiger partial charge in [-0.2, -0.15) is 0 Å². The van der Waals surface area contributed by atoms with E-state index in [-0.39, 0.29) is 0 Å². The van der Waals surface area contributed by atoms with Gasteiger partial charge in [-0.05, 0) is 92.5 Å². The van der Waals surface area contributed by atoms with Crippen molar-refractivity contribution in [3.63, 3.8) is 0 Å². The van der Waals surface area contributed by atoms with E-state index in [0.29, 0.717) is 11.3 Å². The average molecular weight is 793 g/mol. The first-order chi connectivity index (χ1) is 27.8. The van der Waals surface area contributed by atoms with Crippen LogP contribution in [0.15, 0.2) is 147 Å². The summed E-state index contributed by atoms with van der Waals surface area (Å²) in [7, 11) is 0. The van der Waals surface area contributed by atoms with Crippen molar-refractivity contribution < 1.29 is 0 Å². The van der Waals surface area contributed by atoms with Gasteiger partial charge in [0.1, 0.15) is 0 Å². The topological polar surface area (TPSA) is 0 Å². The summed E-state index contributed by atoms with van der Waals surface area (Å²) in [5, 5.41) is 0. The number of hydrogen-bond acceptors (Lipinski definition) is 0. The maximum atomic E-state index is 3.84. The monoisotopic (exact) mass is 793 g/mol. The lowest BCUT2D eigenvalue weighted by Crippen LogP contribution is -2.03. The zero-order valence-corrected chi connectivity index (χ0v) is 41.6. The largest absolute Gasteiger partial charge is 0.103 e. The fourth-order valence-corrected chi connectivity index (χ4v) is 5.33. The lowest BCUT2D eigenvalue weighted by molar-refractivity contribution is 0.410. The SMILES string of the molecule is C=C(C)CC(C)(C)C.C=CC.C=CCC(C)c1ccccc1C.CC.CC.CC.CCCCCCC.CCc1ccccc1.Cc1ccc(C2=CC=CCC=C2)cc1. The lowest BCUT2D eigenvalue weighted by atomic mass is 9.89. The van der Waals surface area contributed by atoms with Gasteiger partial charge in [0.25, 0.3) is 0 Å². The number of unbranched alkanes of at least 4 members (excludes halogenated alkanes) is 4. The predicted octanol–water partition coefficient (Wildman–Crippen LogP) is 20.1. The standard InChI is InChI=1S/C14H14.C12H16.C8H10.C8H16.C7H16.C3H6.3C2H6/c1-12-8-10-14(11-9-12)13-6-4-2-3-5-7-13;1-4-7-10(2)12-9-6-5-8-11(12)3;1-2-8-6-4-3-5-7-8;1-7(2)6-8(3,4)5;1-3-5-7-6-4-2;1-3-2;3*1-2/h2,4-11H,3H2,1H3;4-6,8-10H,1,7H2,2-3H3;3-7H,2H2,1H3;1,6H2,2-5H3;3-7H2,1-2H3;3H,1H2,2H3;3*1-2H3. The molecule has 328 valence electrons. The van der Waals surface area contributed by atoms with Crippen LogP contribution in [0.25, 0.3) is 5.57 Å². The van der Waals surface area contributed by atoms with Crippen LogP contribution in [0, 0.1) is 19.3 Å². The van der Waals surface area contributed by atoms with E-state index in [1.807, 2.05) is 60.6 Å². The Balaban J connectivity index is -0.000000196. The number of rotatable bonds is 10. The van der Waals surface area contributed by atoms with Crippen molar-refractivity contribution in [2.45, 2.75) is 181 Å². The van der Waals surface area contributed by atoms with E-state index in [2.05, 4.69) is 192 Å². The van der Waals surface area contributed by atoms with Gasteiger partial charge in [-0.3, -0.25) is 0 Å². The Morgan fingerprint density at radius 3 is 1.62 bits per heavy atom. The van der Waals surface area contributed by atoms with E-state index >= 15 is 0 Å². The van der Waals surface area contributed by atoms with Gasteiger partial charge in [-0.25, -0.2) is 0 Å². The van der Waals surface area contributed by atoms with Crippen molar-refractivity contribution in [1.82, 2.24) is 0 Å². The summed E-state index contributed by atoms with van der Waals surface area (Å²) in [6.45, 7) is 46.8. The van der Waals surface area contributed by atoms with Gasteiger partial charge < -0.3 is 0 Å². The molecule has 0 radical (unpaired) electrons. The molecular formula is C58H96. The maximum absolute atomic E-state index is 3.84. The Kier molecular flexibility index (Phi) is 51.8. The second kappa shape index (κ2) is 47.5. The smallest absolute Gasteiger partial charge is 0.0153 e. The molecule has 0 N–H and O–H groups in total. The molecule has 4 rings (SSSR count). The number of benzene rings is 3. The molecule has 1 aliphatic carbocycles. The third-order valence-electron chi connectivity index (χ3n) is 7.90. The average Bonchev–Trinajstić information content (AvgIpc) is 3.52. The molecule has 3 aromatic carbocycles. The summed E-state index contributed by atoms with van der Waals surface area (Å²) in [6, 6.07) is 27.6. The van der Waals surface area contributed by atoms with Crippen LogP contribution < -0.4 is 0 Å². The van der Waals surface area contributed by atoms with Gasteiger partial charge in [-0.1, -0.05) is 255 Å². The van der Waals surface area contributed by atoms with Gasteiger partial charge >= 0.3 is 0 Å². The fraction of sp³-hybridized carbons (Fsp3) is 0.483. The number of aryl methyl sites for hydroxylation is 3. The minimum atomic E-state index is 0.422. The first kappa shape index (κ1) is 63.3. The van der Waals surface area contributed by atoms with Gasteiger partial charge in [0.15, 0.2) is 0 Å². The lowest BCUT2D eigenvalue weighted by Gasteiger charge is -2.17. The summed E-state index contributed by atoms with van der Waals surface area (Å²) < 4.78 is 0. The molecule has 1 aliphatic rings. The Morgan fingerprint density at radius 1 is 0.724 bits per heavy atom. The molecular weight excluding hydrogens is 697 g/mol. The number of allylic oxidation sites excluding steroid dienone is 9. The molecule has 0 heterocycles. The minimum absolute atomic E-state index is 0.422. The minimum Gasteiger partial charge on any atom is -0.103 e. The van der Waals surface area contributed by atoms with Crippen molar-refractivity contribution in [2.24, 2.45) is 5.41 Å². The summed E-state index contributed by atoms with van der Waals surface area (Å²) in [5.74, 6) is 0.601. The van der Waals surface area contributed by atoms with Crippen LogP contribution in [0.2, 0.25) is 0 Å². The van der Waals surface area contributed by atoms with Crippen molar-refractivity contribution in [3.8, 4) is 0 Å². The Morgan fingerprint density at radius 2 is 1.22 bits per heavy atom. The van der Waals surface area contributed by atoms with Crippen molar-refractivity contribution >= 4 is 5.57 Å². The highest BCUT2D eigenvalue weighted by Gasteiger charge is 2.08. The highest BCUT2D eigenvalue weighted by atomic mass is 14.1. The molecule has 0 heteroatoms. The van der Waals surface area contributed by atoms with Crippen LogP contribution in [0.4, 0.5) is 0 Å². The van der Waals surface area contributed by atoms with E-state index in [9.17, 15) is 0 Å². The van der Waals surface area contributed by atoms with E-state index in [1.54, 1.807) is 6.08 Å². The van der Waals surface area contributed by atoms with Crippen molar-refractivity contribution in [3.05, 3.63) is 175 Å². The molecule has 0 aromatic heterocycles. The molecule has 0 aliphatic heterocycles. The molecule has 0 saturated heterocycles. The highest BCUT2D eigenvalue weighted by molar-refractivity contribution is 5.75. The van der Waals surface area contributed by atoms with Gasteiger partial charge in [0.05, 0.1) is 0 Å². The predicted molar refractivity (Wildman–Crippen MR) is 276 cm³/mol. The second-order valence-electron chi connectivity index (χ2n) is 14.8. The fourth-order valence-electron chi connectivity index (χ4n) is 5.33. The summed E-state index contributed by atoms with van der Waals surface area (Å²) in [5.41, 5.74) is 9.82. The first-order valence-electron chi connectivity index (χ1n) is 22.8. The number of hydrogen-bond donors (Lipinski definition) is 0. The molecule has 0 amide bonds. The van der Waals surface area contributed by atoms with Gasteiger partial charge in [0.2, 0.25) is 0 Å². The van der Waals surface area contributed by atoms with Crippen LogP contribution in [0.1, 0.15) is 189 Å². The zero-order valence-electron chi connectivity index (χ0n) is 41.6. The molecule has 3 aromatic rings. The summed E-state index contributed by atoms with van der Waals surface area (Å²) in [4.78, 5) is 0. The van der Waals surface area contributed by atoms with Crippen LogP contribution in [-0.2, 0) is 6.42 Å². The molecule has 0 spiro atoms. The molecule has 0 bridgehead atoms. The molecule has 1 atom stereocenters. The van der Waals surface area contributed by atoms with E-state index < -0.39 is 0 Å². The molecule has 0 fully saturated rings. The second-order valence-corrected chi connectivity index (χ2v) is 14.8. The molecule has 58 heavy (non-hydrogen) atoms. The van der Waals surface area contributed by atoms with E-state index in [0.717, 1.165) is 25.7 Å². The summed E-state index contributed by atoms with van der Waals surface area (Å²) >= 11 is 0. The molecule has 1 unspecified atom stereocenters. The van der Waals surface area contributed by atoms with Crippen LogP contribution in [0.3, 0.4) is 0 Å². The Bertz CT molecular complexity index is 1380. The first-order valence-corrected chi connectivity index (χ1v) is 22.8. The van der Waals surface area contributed by atoms with Crippen LogP contribution >= 0.6 is 0 Å². The van der Waals surface area contributed by atoms with Crippen LogP contribution in [-0.4, -0.2) is 0 Å². The third kappa shape index (κ3) is 43.2. The zero-order chi connectivity index (χ0) is 45.6. The highest BCUT2D eigenvalue weighted by Crippen LogP contribution is 2.23. The van der Waals surface area contributed by atoms with Gasteiger partial charge in [0, 0.05) is 0 Å². The Labute approximate surface area is 365 Å². The Hall–Kier alpha value is -3.90. The van der Waals surface area contributed by atoms with E-state index in [4.69, 9.17) is 0 Å². The molecule has 0 nitrogen and oxygen atoms in total. The quantitative estimate of drug-likeness (QED) is 0.142. The maximum Gasteiger partial charge on any atom is -0.0153 e. The third-order valence-corrected chi connectivity index (χ3v) is 7.90. The summed E-state index contributed by atoms with van der Waals surface area (Å²) in [6.07, 6.45) is 25.9. The van der Waals surface area contributed by atoms with E-state index in [1.165, 1.54) is 71.1 Å².